The van der Waals surface area contributed by atoms with Crippen molar-refractivity contribution in [3.63, 3.8) is 0 Å². The number of aromatic nitrogens is 1. The average Bonchev–Trinajstić information content (AvgIpc) is 2.41. The Morgan fingerprint density at radius 2 is 2.10 bits per heavy atom. The molecule has 1 N–H and O–H groups in total. The van der Waals surface area contributed by atoms with Crippen LogP contribution in [-0.4, -0.2) is 16.1 Å². The third-order valence-corrected chi connectivity index (χ3v) is 2.90. The number of carboxylic acids is 1. The number of halogens is 1. The number of ether oxygens (including phenoxy) is 1. The number of hydrogen-bond acceptors (Lipinski definition) is 3. The first-order chi connectivity index (χ1) is 9.40. The van der Waals surface area contributed by atoms with E-state index in [2.05, 4.69) is 4.98 Å². The van der Waals surface area contributed by atoms with E-state index < -0.39 is 17.4 Å². The smallest absolute Gasteiger partial charge is 0.335 e. The summed E-state index contributed by atoms with van der Waals surface area (Å²) >= 11 is 0. The molecule has 1 heterocycles. The highest BCUT2D eigenvalue weighted by Crippen LogP contribution is 2.29. The molecule has 0 bridgehead atoms. The van der Waals surface area contributed by atoms with Crippen molar-refractivity contribution in [3.05, 3.63) is 59.7 Å². The normalized spacial score (nSPS) is 11.2. The Morgan fingerprint density at radius 3 is 2.65 bits per heavy atom. The standard InChI is InChI=1S/C15H14FNO3/c1-15(2,11-4-3-7-17-9-11)20-13-6-5-10(14(18)19)8-12(13)16/h3-9H,1-2H3,(H,18,19). The van der Waals surface area contributed by atoms with E-state index in [-0.39, 0.29) is 11.3 Å². The molecule has 0 aliphatic carbocycles. The molecule has 0 saturated carbocycles. The molecule has 4 nitrogen and oxygen atoms in total. The van der Waals surface area contributed by atoms with Crippen LogP contribution in [0.4, 0.5) is 4.39 Å². The van der Waals surface area contributed by atoms with Crippen LogP contribution in [0.15, 0.2) is 42.7 Å². The van der Waals surface area contributed by atoms with Crippen LogP contribution >= 0.6 is 0 Å². The number of pyridine rings is 1. The number of carbonyl (C=O) groups is 1. The zero-order valence-electron chi connectivity index (χ0n) is 11.1. The maximum atomic E-state index is 13.9. The lowest BCUT2D eigenvalue weighted by molar-refractivity contribution is 0.0695. The fourth-order valence-electron chi connectivity index (χ4n) is 1.77. The Labute approximate surface area is 115 Å². The molecule has 2 aromatic rings. The number of aromatic carboxylic acids is 1. The second kappa shape index (κ2) is 5.28. The highest BCUT2D eigenvalue weighted by atomic mass is 19.1. The van der Waals surface area contributed by atoms with Gasteiger partial charge in [-0.3, -0.25) is 4.98 Å². The number of carboxylic acid groups (broad SMARTS) is 1. The van der Waals surface area contributed by atoms with Gasteiger partial charge in [-0.05, 0) is 38.1 Å². The molecule has 20 heavy (non-hydrogen) atoms. The van der Waals surface area contributed by atoms with Crippen molar-refractivity contribution in [1.29, 1.82) is 0 Å². The monoisotopic (exact) mass is 275 g/mol. The van der Waals surface area contributed by atoms with Crippen LogP contribution in [0.25, 0.3) is 0 Å². The van der Waals surface area contributed by atoms with E-state index in [1.165, 1.54) is 12.1 Å². The molecular formula is C15H14FNO3. The van der Waals surface area contributed by atoms with Crippen molar-refractivity contribution in [2.45, 2.75) is 19.4 Å². The van der Waals surface area contributed by atoms with Crippen molar-refractivity contribution in [2.24, 2.45) is 0 Å². The van der Waals surface area contributed by atoms with Gasteiger partial charge in [0, 0.05) is 18.0 Å². The lowest BCUT2D eigenvalue weighted by atomic mass is 10.00. The third kappa shape index (κ3) is 2.93. The van der Waals surface area contributed by atoms with E-state index in [0.29, 0.717) is 0 Å². The van der Waals surface area contributed by atoms with Gasteiger partial charge in [-0.25, -0.2) is 9.18 Å². The molecule has 0 amide bonds. The van der Waals surface area contributed by atoms with Gasteiger partial charge in [0.2, 0.25) is 0 Å². The maximum Gasteiger partial charge on any atom is 0.335 e. The number of rotatable bonds is 4. The van der Waals surface area contributed by atoms with Crippen LogP contribution in [0, 0.1) is 5.82 Å². The van der Waals surface area contributed by atoms with Gasteiger partial charge in [-0.15, -0.1) is 0 Å². The molecule has 104 valence electrons. The minimum absolute atomic E-state index is 0.00357. The Balaban J connectivity index is 2.28. The summed E-state index contributed by atoms with van der Waals surface area (Å²) in [6.45, 7) is 3.57. The molecule has 2 rings (SSSR count). The highest BCUT2D eigenvalue weighted by molar-refractivity contribution is 5.87. The first kappa shape index (κ1) is 14.0. The Morgan fingerprint density at radius 1 is 1.35 bits per heavy atom. The summed E-state index contributed by atoms with van der Waals surface area (Å²) in [6, 6.07) is 7.16. The zero-order chi connectivity index (χ0) is 14.8. The van der Waals surface area contributed by atoms with Gasteiger partial charge in [-0.1, -0.05) is 6.07 Å². The van der Waals surface area contributed by atoms with Crippen molar-refractivity contribution >= 4 is 5.97 Å². The van der Waals surface area contributed by atoms with Gasteiger partial charge in [0.05, 0.1) is 5.56 Å². The lowest BCUT2D eigenvalue weighted by Crippen LogP contribution is -2.25. The summed E-state index contributed by atoms with van der Waals surface area (Å²) < 4.78 is 19.5. The minimum atomic E-state index is -1.18. The SMILES string of the molecule is CC(C)(Oc1ccc(C(=O)O)cc1F)c1cccnc1. The molecule has 0 aliphatic heterocycles. The molecule has 0 unspecified atom stereocenters. The summed E-state index contributed by atoms with van der Waals surface area (Å²) in [5.74, 6) is -1.88. The van der Waals surface area contributed by atoms with Crippen LogP contribution in [0.3, 0.4) is 0 Å². The molecule has 0 atom stereocenters. The van der Waals surface area contributed by atoms with Crippen molar-refractivity contribution in [3.8, 4) is 5.75 Å². The van der Waals surface area contributed by atoms with Gasteiger partial charge < -0.3 is 9.84 Å². The number of benzene rings is 1. The topological polar surface area (TPSA) is 59.4 Å². The van der Waals surface area contributed by atoms with Gasteiger partial charge in [0.15, 0.2) is 11.6 Å². The Kier molecular flexibility index (Phi) is 3.70. The third-order valence-electron chi connectivity index (χ3n) is 2.90. The lowest BCUT2D eigenvalue weighted by Gasteiger charge is -2.26. The summed E-state index contributed by atoms with van der Waals surface area (Å²) in [5, 5.41) is 8.79. The fraction of sp³-hybridized carbons (Fsp3) is 0.200. The molecule has 0 aliphatic rings. The first-order valence-corrected chi connectivity index (χ1v) is 6.02. The molecule has 0 radical (unpaired) electrons. The van der Waals surface area contributed by atoms with Gasteiger partial charge >= 0.3 is 5.97 Å². The quantitative estimate of drug-likeness (QED) is 0.930. The largest absolute Gasteiger partial charge is 0.480 e. The predicted molar refractivity (Wildman–Crippen MR) is 71.3 cm³/mol. The van der Waals surface area contributed by atoms with Crippen molar-refractivity contribution in [2.75, 3.05) is 0 Å². The second-order valence-corrected chi connectivity index (χ2v) is 4.80. The molecular weight excluding hydrogens is 261 g/mol. The van der Waals surface area contributed by atoms with Crippen LogP contribution in [0.1, 0.15) is 29.8 Å². The van der Waals surface area contributed by atoms with Crippen molar-refractivity contribution in [1.82, 2.24) is 4.98 Å². The molecule has 0 spiro atoms. The van der Waals surface area contributed by atoms with Gasteiger partial charge in [-0.2, -0.15) is 0 Å². The molecule has 0 fully saturated rings. The van der Waals surface area contributed by atoms with E-state index in [0.717, 1.165) is 11.6 Å². The first-order valence-electron chi connectivity index (χ1n) is 6.02. The Hall–Kier alpha value is -2.43. The summed E-state index contributed by atoms with van der Waals surface area (Å²) in [7, 11) is 0. The van der Waals surface area contributed by atoms with E-state index in [4.69, 9.17) is 9.84 Å². The summed E-state index contributed by atoms with van der Waals surface area (Å²) in [4.78, 5) is 14.8. The predicted octanol–water partition coefficient (Wildman–Crippen LogP) is 3.23. The minimum Gasteiger partial charge on any atom is -0.480 e. The average molecular weight is 275 g/mol. The van der Waals surface area contributed by atoms with E-state index in [9.17, 15) is 9.18 Å². The van der Waals surface area contributed by atoms with E-state index >= 15 is 0 Å². The van der Waals surface area contributed by atoms with Crippen LogP contribution in [-0.2, 0) is 5.60 Å². The summed E-state index contributed by atoms with van der Waals surface area (Å²) in [5.41, 5.74) is -0.101. The summed E-state index contributed by atoms with van der Waals surface area (Å²) in [6.07, 6.45) is 3.28. The molecule has 1 aromatic carbocycles. The highest BCUT2D eigenvalue weighted by Gasteiger charge is 2.24. The fourth-order valence-corrected chi connectivity index (χ4v) is 1.77. The zero-order valence-corrected chi connectivity index (χ0v) is 11.1. The van der Waals surface area contributed by atoms with Crippen LogP contribution in [0.5, 0.6) is 5.75 Å². The molecule has 5 heteroatoms. The van der Waals surface area contributed by atoms with Gasteiger partial charge in [0.25, 0.3) is 0 Å². The van der Waals surface area contributed by atoms with E-state index in [1.807, 2.05) is 6.07 Å². The van der Waals surface area contributed by atoms with Crippen LogP contribution in [0.2, 0.25) is 0 Å². The molecule has 1 aromatic heterocycles. The van der Waals surface area contributed by atoms with Crippen LogP contribution < -0.4 is 4.74 Å². The van der Waals surface area contributed by atoms with E-state index in [1.54, 1.807) is 32.3 Å². The van der Waals surface area contributed by atoms with Gasteiger partial charge in [0.1, 0.15) is 5.60 Å². The number of hydrogen-bond donors (Lipinski definition) is 1. The second-order valence-electron chi connectivity index (χ2n) is 4.80. The molecule has 0 saturated heterocycles. The van der Waals surface area contributed by atoms with Crippen molar-refractivity contribution < 1.29 is 19.0 Å². The maximum absolute atomic E-state index is 13.9. The number of nitrogens with zero attached hydrogens (tertiary/aromatic N) is 1. The Bertz CT molecular complexity index is 626.